The Morgan fingerprint density at radius 3 is 2.28 bits per heavy atom. The number of carbonyl (C=O) groups excluding carboxylic acids is 1. The molecule has 0 radical (unpaired) electrons. The lowest BCUT2D eigenvalue weighted by Crippen LogP contribution is -2.35. The zero-order valence-corrected chi connectivity index (χ0v) is 16.9. The van der Waals surface area contributed by atoms with Gasteiger partial charge < -0.3 is 5.32 Å². The van der Waals surface area contributed by atoms with Gasteiger partial charge in [0.2, 0.25) is 5.91 Å². The van der Waals surface area contributed by atoms with Gasteiger partial charge in [-0.3, -0.25) is 4.79 Å². The van der Waals surface area contributed by atoms with Gasteiger partial charge in [0.05, 0.1) is 11.3 Å². The molecule has 0 saturated carbocycles. The minimum atomic E-state index is -0.109. The van der Waals surface area contributed by atoms with Gasteiger partial charge in [-0.1, -0.05) is 43.6 Å². The first kappa shape index (κ1) is 19.9. The van der Waals surface area contributed by atoms with Crippen LogP contribution in [-0.4, -0.2) is 11.2 Å². The topological polar surface area (TPSA) is 29.1 Å². The van der Waals surface area contributed by atoms with Crippen molar-refractivity contribution in [1.29, 1.82) is 0 Å². The lowest BCUT2D eigenvalue weighted by molar-refractivity contribution is -0.121. The second kappa shape index (κ2) is 9.30. The number of rotatable bonds is 7. The molecular weight excluding hydrogens is 350 g/mol. The van der Waals surface area contributed by atoms with Crippen LogP contribution in [0.2, 0.25) is 5.02 Å². The highest BCUT2D eigenvalue weighted by molar-refractivity contribution is 8.00. The summed E-state index contributed by atoms with van der Waals surface area (Å²) in [5.74, 6) is 0.0903. The number of aryl methyl sites for hydroxylation is 2. The van der Waals surface area contributed by atoms with Crippen molar-refractivity contribution in [3.05, 3.63) is 64.2 Å². The number of thioether (sulfide) groups is 1. The fraction of sp³-hybridized carbons (Fsp3) is 0.381. The van der Waals surface area contributed by atoms with Gasteiger partial charge in [-0.05, 0) is 67.6 Å². The minimum Gasteiger partial charge on any atom is -0.348 e. The molecule has 0 fully saturated rings. The van der Waals surface area contributed by atoms with Crippen molar-refractivity contribution in [3.8, 4) is 0 Å². The van der Waals surface area contributed by atoms with Gasteiger partial charge in [0.1, 0.15) is 0 Å². The van der Waals surface area contributed by atoms with Gasteiger partial charge in [-0.15, -0.1) is 11.8 Å². The molecule has 1 N–H and O–H groups in total. The van der Waals surface area contributed by atoms with Crippen LogP contribution in [0.1, 0.15) is 49.4 Å². The van der Waals surface area contributed by atoms with Crippen LogP contribution >= 0.6 is 23.4 Å². The summed E-state index contributed by atoms with van der Waals surface area (Å²) >= 11 is 7.52. The van der Waals surface area contributed by atoms with Crippen molar-refractivity contribution in [2.75, 3.05) is 0 Å². The largest absolute Gasteiger partial charge is 0.348 e. The number of halogens is 1. The Morgan fingerprint density at radius 2 is 1.72 bits per heavy atom. The van der Waals surface area contributed by atoms with Crippen LogP contribution in [0.15, 0.2) is 47.4 Å². The first-order chi connectivity index (χ1) is 11.9. The lowest BCUT2D eigenvalue weighted by atomic mass is 9.99. The molecule has 0 bridgehead atoms. The molecule has 0 saturated heterocycles. The molecular formula is C21H26ClNOS. The quantitative estimate of drug-likeness (QED) is 0.593. The van der Waals surface area contributed by atoms with E-state index in [9.17, 15) is 4.79 Å². The van der Waals surface area contributed by atoms with Crippen LogP contribution in [-0.2, 0) is 4.79 Å². The summed E-state index contributed by atoms with van der Waals surface area (Å²) in [6.45, 7) is 8.37. The molecule has 25 heavy (non-hydrogen) atoms. The van der Waals surface area contributed by atoms with Gasteiger partial charge >= 0.3 is 0 Å². The predicted octanol–water partition coefficient (Wildman–Crippen LogP) is 6.10. The summed E-state index contributed by atoms with van der Waals surface area (Å²) in [7, 11) is 0. The van der Waals surface area contributed by atoms with Crippen LogP contribution < -0.4 is 5.32 Å². The molecule has 0 unspecified atom stereocenters. The average Bonchev–Trinajstić information content (AvgIpc) is 2.61. The van der Waals surface area contributed by atoms with Crippen molar-refractivity contribution in [1.82, 2.24) is 5.32 Å². The molecule has 0 aliphatic rings. The number of hydrogen-bond acceptors (Lipinski definition) is 2. The SMILES string of the molecule is CC[C@@H](Sc1ccc(Cl)cc1)C(=O)N[C@H](CC)c1ccc(C)c(C)c1. The second-order valence-corrected chi connectivity index (χ2v) is 7.99. The van der Waals surface area contributed by atoms with E-state index in [0.29, 0.717) is 5.02 Å². The summed E-state index contributed by atoms with van der Waals surface area (Å²) in [6, 6.07) is 14.1. The lowest BCUT2D eigenvalue weighted by Gasteiger charge is -2.22. The Balaban J connectivity index is 2.08. The number of amides is 1. The molecule has 4 heteroatoms. The summed E-state index contributed by atoms with van der Waals surface area (Å²) in [5.41, 5.74) is 3.70. The van der Waals surface area contributed by atoms with Crippen LogP contribution in [0.3, 0.4) is 0 Å². The van der Waals surface area contributed by atoms with E-state index in [0.717, 1.165) is 17.7 Å². The van der Waals surface area contributed by atoms with Crippen LogP contribution in [0.5, 0.6) is 0 Å². The van der Waals surface area contributed by atoms with Crippen molar-refractivity contribution in [2.45, 2.75) is 56.7 Å². The molecule has 0 aliphatic carbocycles. The van der Waals surface area contributed by atoms with Gasteiger partial charge in [0.15, 0.2) is 0 Å². The maximum absolute atomic E-state index is 12.8. The van der Waals surface area contributed by atoms with E-state index in [1.165, 1.54) is 16.7 Å². The standard InChI is InChI=1S/C21H26ClNOS/c1-5-19(16-8-7-14(3)15(4)13-16)23-21(24)20(6-2)25-18-11-9-17(22)10-12-18/h7-13,19-20H,5-6H2,1-4H3,(H,23,24)/t19-,20-/m1/s1. The fourth-order valence-corrected chi connectivity index (χ4v) is 3.76. The van der Waals surface area contributed by atoms with Crippen LogP contribution in [0.4, 0.5) is 0 Å². The number of nitrogens with one attached hydrogen (secondary N) is 1. The summed E-state index contributed by atoms with van der Waals surface area (Å²) in [6.07, 6.45) is 1.65. The van der Waals surface area contributed by atoms with E-state index in [1.54, 1.807) is 11.8 Å². The third-order valence-corrected chi connectivity index (χ3v) is 6.04. The van der Waals surface area contributed by atoms with E-state index >= 15 is 0 Å². The molecule has 0 aromatic heterocycles. The Labute approximate surface area is 160 Å². The van der Waals surface area contributed by atoms with Crippen molar-refractivity contribution >= 4 is 29.3 Å². The molecule has 134 valence electrons. The van der Waals surface area contributed by atoms with E-state index < -0.39 is 0 Å². The summed E-state index contributed by atoms with van der Waals surface area (Å²) < 4.78 is 0. The Morgan fingerprint density at radius 1 is 1.04 bits per heavy atom. The highest BCUT2D eigenvalue weighted by atomic mass is 35.5. The minimum absolute atomic E-state index is 0.0478. The molecule has 2 aromatic carbocycles. The van der Waals surface area contributed by atoms with E-state index in [2.05, 4.69) is 44.3 Å². The Hall–Kier alpha value is -1.45. The van der Waals surface area contributed by atoms with Gasteiger partial charge in [0, 0.05) is 9.92 Å². The molecule has 0 heterocycles. The monoisotopic (exact) mass is 375 g/mol. The van der Waals surface area contributed by atoms with Crippen LogP contribution in [0.25, 0.3) is 0 Å². The number of carbonyl (C=O) groups is 1. The Bertz CT molecular complexity index is 714. The highest BCUT2D eigenvalue weighted by Gasteiger charge is 2.21. The maximum Gasteiger partial charge on any atom is 0.233 e. The molecule has 2 nitrogen and oxygen atoms in total. The van der Waals surface area contributed by atoms with Gasteiger partial charge in [-0.25, -0.2) is 0 Å². The van der Waals surface area contributed by atoms with E-state index in [4.69, 9.17) is 11.6 Å². The first-order valence-corrected chi connectivity index (χ1v) is 10.00. The van der Waals surface area contributed by atoms with Crippen molar-refractivity contribution < 1.29 is 4.79 Å². The molecule has 0 spiro atoms. The zero-order valence-electron chi connectivity index (χ0n) is 15.3. The van der Waals surface area contributed by atoms with Crippen molar-refractivity contribution in [2.24, 2.45) is 0 Å². The normalized spacial score (nSPS) is 13.3. The third kappa shape index (κ3) is 5.52. The third-order valence-electron chi connectivity index (χ3n) is 4.41. The highest BCUT2D eigenvalue weighted by Crippen LogP contribution is 2.28. The maximum atomic E-state index is 12.8. The number of hydrogen-bond donors (Lipinski definition) is 1. The zero-order chi connectivity index (χ0) is 18.4. The molecule has 2 aromatic rings. The molecule has 2 rings (SSSR count). The summed E-state index contributed by atoms with van der Waals surface area (Å²) in [4.78, 5) is 13.8. The van der Waals surface area contributed by atoms with E-state index in [1.807, 2.05) is 31.2 Å². The predicted molar refractivity (Wildman–Crippen MR) is 108 cm³/mol. The number of benzene rings is 2. The molecule has 1 amide bonds. The first-order valence-electron chi connectivity index (χ1n) is 8.74. The van der Waals surface area contributed by atoms with Crippen LogP contribution in [0, 0.1) is 13.8 Å². The average molecular weight is 376 g/mol. The fourth-order valence-electron chi connectivity index (χ4n) is 2.67. The molecule has 0 aliphatic heterocycles. The van der Waals surface area contributed by atoms with Gasteiger partial charge in [0.25, 0.3) is 0 Å². The van der Waals surface area contributed by atoms with Gasteiger partial charge in [-0.2, -0.15) is 0 Å². The van der Waals surface area contributed by atoms with E-state index in [-0.39, 0.29) is 17.2 Å². The second-order valence-electron chi connectivity index (χ2n) is 6.28. The molecule has 2 atom stereocenters. The Kier molecular flexibility index (Phi) is 7.39. The van der Waals surface area contributed by atoms with Crippen molar-refractivity contribution in [3.63, 3.8) is 0 Å². The summed E-state index contributed by atoms with van der Waals surface area (Å²) in [5, 5.41) is 3.83. The smallest absolute Gasteiger partial charge is 0.233 e.